The van der Waals surface area contributed by atoms with E-state index in [0.717, 1.165) is 18.4 Å². The van der Waals surface area contributed by atoms with Gasteiger partial charge in [-0.1, -0.05) is 63.5 Å². The normalized spacial score (nSPS) is 11.4. The van der Waals surface area contributed by atoms with Gasteiger partial charge >= 0.3 is 5.97 Å². The summed E-state index contributed by atoms with van der Waals surface area (Å²) in [6, 6.07) is 7.05. The van der Waals surface area contributed by atoms with E-state index in [1.807, 2.05) is 12.1 Å². The van der Waals surface area contributed by atoms with Gasteiger partial charge in [-0.3, -0.25) is 4.79 Å². The van der Waals surface area contributed by atoms with Gasteiger partial charge in [0.25, 0.3) is 0 Å². The first kappa shape index (κ1) is 21.1. The van der Waals surface area contributed by atoms with Gasteiger partial charge in [0.15, 0.2) is 0 Å². The van der Waals surface area contributed by atoms with Crippen LogP contribution in [-0.2, 0) is 9.53 Å². The Bertz CT molecular complexity index is 537. The molecule has 0 aliphatic rings. The van der Waals surface area contributed by atoms with Crippen molar-refractivity contribution in [2.24, 2.45) is 0 Å². The average Bonchev–Trinajstić information content (AvgIpc) is 2.61. The summed E-state index contributed by atoms with van der Waals surface area (Å²) >= 11 is 0. The highest BCUT2D eigenvalue weighted by atomic mass is 16.5. The Balaban J connectivity index is 2.21. The van der Waals surface area contributed by atoms with Crippen LogP contribution in [0, 0.1) is 11.8 Å². The van der Waals surface area contributed by atoms with Crippen molar-refractivity contribution in [3.05, 3.63) is 29.8 Å². The minimum Gasteiger partial charge on any atom is -0.508 e. The largest absolute Gasteiger partial charge is 0.508 e. The van der Waals surface area contributed by atoms with Crippen LogP contribution in [0.15, 0.2) is 24.3 Å². The lowest BCUT2D eigenvalue weighted by molar-refractivity contribution is -0.143. The monoisotopic (exact) mass is 344 g/mol. The fourth-order valence-corrected chi connectivity index (χ4v) is 2.79. The standard InChI is InChI=1S/C22H32O3/c1-3-5-6-7-8-9-10-12-22(24)25-18-17-19(11-4-2)20-13-15-21(23)16-14-20/h13-16,19,23H,3,5-10,12,17-18H2,1-2H3. The Morgan fingerprint density at radius 2 is 1.72 bits per heavy atom. The summed E-state index contributed by atoms with van der Waals surface area (Å²) in [6.07, 6.45) is 9.57. The first-order valence-corrected chi connectivity index (χ1v) is 9.54. The molecule has 1 N–H and O–H groups in total. The van der Waals surface area contributed by atoms with E-state index in [9.17, 15) is 9.90 Å². The number of carbonyl (C=O) groups is 1. The molecule has 0 spiro atoms. The van der Waals surface area contributed by atoms with Crippen LogP contribution in [0.5, 0.6) is 5.75 Å². The van der Waals surface area contributed by atoms with Crippen molar-refractivity contribution in [1.29, 1.82) is 0 Å². The number of benzene rings is 1. The van der Waals surface area contributed by atoms with Crippen molar-refractivity contribution < 1.29 is 14.6 Å². The maximum absolute atomic E-state index is 11.8. The minimum absolute atomic E-state index is 0.0250. The molecule has 0 heterocycles. The van der Waals surface area contributed by atoms with Gasteiger partial charge in [0.1, 0.15) is 5.75 Å². The van der Waals surface area contributed by atoms with Crippen molar-refractivity contribution in [3.8, 4) is 17.6 Å². The summed E-state index contributed by atoms with van der Waals surface area (Å²) in [5.41, 5.74) is 1.04. The Morgan fingerprint density at radius 3 is 2.36 bits per heavy atom. The van der Waals surface area contributed by atoms with Crippen molar-refractivity contribution in [2.45, 2.75) is 77.6 Å². The maximum atomic E-state index is 11.8. The molecule has 1 atom stereocenters. The first-order chi connectivity index (χ1) is 12.2. The predicted molar refractivity (Wildman–Crippen MR) is 102 cm³/mol. The van der Waals surface area contributed by atoms with E-state index in [0.29, 0.717) is 19.4 Å². The van der Waals surface area contributed by atoms with Gasteiger partial charge in [-0.15, -0.1) is 5.92 Å². The molecule has 3 heteroatoms. The van der Waals surface area contributed by atoms with E-state index in [1.165, 1.54) is 32.1 Å². The highest BCUT2D eigenvalue weighted by Gasteiger charge is 2.10. The molecule has 0 radical (unpaired) electrons. The van der Waals surface area contributed by atoms with Crippen molar-refractivity contribution in [2.75, 3.05) is 6.61 Å². The van der Waals surface area contributed by atoms with E-state index in [2.05, 4.69) is 18.8 Å². The van der Waals surface area contributed by atoms with Crippen LogP contribution in [0.3, 0.4) is 0 Å². The van der Waals surface area contributed by atoms with E-state index in [1.54, 1.807) is 19.1 Å². The summed E-state index contributed by atoms with van der Waals surface area (Å²) in [5.74, 6) is 6.23. The molecule has 1 unspecified atom stereocenters. The fraction of sp³-hybridized carbons (Fsp3) is 0.591. The van der Waals surface area contributed by atoms with Gasteiger partial charge in [-0.2, -0.15) is 0 Å². The fourth-order valence-electron chi connectivity index (χ4n) is 2.79. The molecule has 0 aromatic heterocycles. The molecular formula is C22H32O3. The second kappa shape index (κ2) is 13.4. The first-order valence-electron chi connectivity index (χ1n) is 9.54. The molecule has 0 aliphatic carbocycles. The third kappa shape index (κ3) is 9.82. The number of hydrogen-bond donors (Lipinski definition) is 1. The van der Waals surface area contributed by atoms with Crippen LogP contribution in [0.1, 0.15) is 83.1 Å². The Kier molecular flexibility index (Phi) is 11.3. The molecule has 0 bridgehead atoms. The molecule has 1 rings (SSSR count). The average molecular weight is 344 g/mol. The number of hydrogen-bond acceptors (Lipinski definition) is 3. The number of ether oxygens (including phenoxy) is 1. The quantitative estimate of drug-likeness (QED) is 0.306. The molecule has 138 valence electrons. The number of carbonyl (C=O) groups excluding carboxylic acids is 1. The summed E-state index contributed by atoms with van der Waals surface area (Å²) in [6.45, 7) is 4.41. The van der Waals surface area contributed by atoms with Gasteiger partial charge in [-0.25, -0.2) is 0 Å². The zero-order valence-corrected chi connectivity index (χ0v) is 15.7. The van der Waals surface area contributed by atoms with Crippen molar-refractivity contribution in [3.63, 3.8) is 0 Å². The smallest absolute Gasteiger partial charge is 0.305 e. The minimum atomic E-state index is -0.109. The van der Waals surface area contributed by atoms with Gasteiger partial charge in [0, 0.05) is 12.3 Å². The van der Waals surface area contributed by atoms with Crippen LogP contribution in [-0.4, -0.2) is 17.7 Å². The molecule has 0 fully saturated rings. The lowest BCUT2D eigenvalue weighted by Gasteiger charge is -2.12. The molecule has 25 heavy (non-hydrogen) atoms. The Labute approximate surface area is 152 Å². The van der Waals surface area contributed by atoms with E-state index < -0.39 is 0 Å². The molecule has 0 saturated carbocycles. The molecule has 0 aliphatic heterocycles. The molecular weight excluding hydrogens is 312 g/mol. The van der Waals surface area contributed by atoms with Crippen LogP contribution in [0.2, 0.25) is 0 Å². The summed E-state index contributed by atoms with van der Waals surface area (Å²) < 4.78 is 5.35. The number of esters is 1. The zero-order valence-electron chi connectivity index (χ0n) is 15.7. The Hall–Kier alpha value is -1.95. The molecule has 1 aromatic rings. The lowest BCUT2D eigenvalue weighted by Crippen LogP contribution is -2.08. The second-order valence-corrected chi connectivity index (χ2v) is 6.42. The van der Waals surface area contributed by atoms with Gasteiger partial charge in [0.2, 0.25) is 0 Å². The van der Waals surface area contributed by atoms with E-state index in [-0.39, 0.29) is 17.6 Å². The lowest BCUT2D eigenvalue weighted by atomic mass is 9.96. The maximum Gasteiger partial charge on any atom is 0.305 e. The number of rotatable bonds is 12. The number of unbranched alkanes of at least 4 members (excludes halogenated alkanes) is 6. The Morgan fingerprint density at radius 1 is 1.08 bits per heavy atom. The van der Waals surface area contributed by atoms with Gasteiger partial charge in [-0.05, 0) is 37.5 Å². The predicted octanol–water partition coefficient (Wildman–Crippen LogP) is 5.57. The summed E-state index contributed by atoms with van der Waals surface area (Å²) in [4.78, 5) is 11.8. The molecule has 0 amide bonds. The third-order valence-corrected chi connectivity index (χ3v) is 4.27. The number of aromatic hydroxyl groups is 1. The number of phenols is 1. The highest BCUT2D eigenvalue weighted by Crippen LogP contribution is 2.21. The second-order valence-electron chi connectivity index (χ2n) is 6.42. The topological polar surface area (TPSA) is 46.5 Å². The molecule has 0 saturated heterocycles. The van der Waals surface area contributed by atoms with Crippen LogP contribution >= 0.6 is 0 Å². The summed E-state index contributed by atoms with van der Waals surface area (Å²) in [7, 11) is 0. The highest BCUT2D eigenvalue weighted by molar-refractivity contribution is 5.69. The van der Waals surface area contributed by atoms with Gasteiger partial charge < -0.3 is 9.84 Å². The van der Waals surface area contributed by atoms with Crippen molar-refractivity contribution in [1.82, 2.24) is 0 Å². The summed E-state index contributed by atoms with van der Waals surface area (Å²) in [5, 5.41) is 9.37. The molecule has 3 nitrogen and oxygen atoms in total. The van der Waals surface area contributed by atoms with Gasteiger partial charge in [0.05, 0.1) is 6.61 Å². The van der Waals surface area contributed by atoms with Crippen LogP contribution in [0.25, 0.3) is 0 Å². The van der Waals surface area contributed by atoms with E-state index >= 15 is 0 Å². The zero-order chi connectivity index (χ0) is 18.3. The third-order valence-electron chi connectivity index (χ3n) is 4.27. The number of phenolic OH excluding ortho intramolecular Hbond substituents is 1. The van der Waals surface area contributed by atoms with E-state index in [4.69, 9.17) is 4.74 Å². The van der Waals surface area contributed by atoms with Crippen LogP contribution < -0.4 is 0 Å². The molecule has 1 aromatic carbocycles. The van der Waals surface area contributed by atoms with Crippen LogP contribution in [0.4, 0.5) is 0 Å². The SMILES string of the molecule is CC#CC(CCOC(=O)CCCCCCCCC)c1ccc(O)cc1. The van der Waals surface area contributed by atoms with Crippen molar-refractivity contribution >= 4 is 5.97 Å².